The molecule has 1 unspecified atom stereocenters. The van der Waals surface area contributed by atoms with Crippen molar-refractivity contribution in [2.24, 2.45) is 5.92 Å². The molecule has 0 saturated carbocycles. The summed E-state index contributed by atoms with van der Waals surface area (Å²) >= 11 is 0. The molecule has 0 radical (unpaired) electrons. The molecule has 1 amide bonds. The summed E-state index contributed by atoms with van der Waals surface area (Å²) in [7, 11) is 1.67. The fourth-order valence-corrected chi connectivity index (χ4v) is 3.35. The molecule has 2 heterocycles. The molecule has 1 N–H and O–H groups in total. The zero-order chi connectivity index (χ0) is 18.4. The summed E-state index contributed by atoms with van der Waals surface area (Å²) < 4.78 is 5.18. The quantitative estimate of drug-likeness (QED) is 0.862. The first-order chi connectivity index (χ1) is 12.7. The third kappa shape index (κ3) is 4.75. The number of hydrogen-bond acceptors (Lipinski definition) is 4. The van der Waals surface area contributed by atoms with E-state index < -0.39 is 0 Å². The highest BCUT2D eigenvalue weighted by Crippen LogP contribution is 2.19. The number of hydrogen-bond donors (Lipinski definition) is 1. The lowest BCUT2D eigenvalue weighted by Crippen LogP contribution is -2.39. The molecule has 1 aromatic heterocycles. The molecule has 26 heavy (non-hydrogen) atoms. The largest absolute Gasteiger partial charge is 0.497 e. The zero-order valence-electron chi connectivity index (χ0n) is 15.6. The predicted octanol–water partition coefficient (Wildman–Crippen LogP) is 3.62. The van der Waals surface area contributed by atoms with E-state index in [1.54, 1.807) is 19.5 Å². The van der Waals surface area contributed by atoms with Gasteiger partial charge in [-0.1, -0.05) is 19.1 Å². The molecule has 5 nitrogen and oxygen atoms in total. The Hall–Kier alpha value is -2.56. The number of methoxy groups -OCH3 is 1. The number of piperidine rings is 1. The van der Waals surface area contributed by atoms with Gasteiger partial charge in [-0.05, 0) is 48.9 Å². The van der Waals surface area contributed by atoms with Crippen molar-refractivity contribution in [3.05, 3.63) is 53.9 Å². The molecule has 138 valence electrons. The van der Waals surface area contributed by atoms with Gasteiger partial charge in [0.05, 0.1) is 18.4 Å². The Kier molecular flexibility index (Phi) is 6.10. The first kappa shape index (κ1) is 18.2. The average molecular weight is 353 g/mol. The van der Waals surface area contributed by atoms with Crippen LogP contribution in [0.15, 0.2) is 42.7 Å². The lowest BCUT2D eigenvalue weighted by molar-refractivity contribution is 0.0682. The van der Waals surface area contributed by atoms with Crippen LogP contribution in [0, 0.1) is 5.92 Å². The maximum atomic E-state index is 12.7. The van der Waals surface area contributed by atoms with E-state index in [-0.39, 0.29) is 5.91 Å². The normalized spacial score (nSPS) is 17.0. The number of likely N-dealkylation sites (tertiary alicyclic amines) is 1. The lowest BCUT2D eigenvalue weighted by atomic mass is 10.00. The van der Waals surface area contributed by atoms with Gasteiger partial charge in [0.25, 0.3) is 5.91 Å². The first-order valence-corrected chi connectivity index (χ1v) is 9.27. The van der Waals surface area contributed by atoms with Gasteiger partial charge in [0.2, 0.25) is 0 Å². The van der Waals surface area contributed by atoms with Crippen molar-refractivity contribution in [3.8, 4) is 5.75 Å². The number of nitrogens with one attached hydrogen (secondary N) is 1. The average Bonchev–Trinajstić information content (AvgIpc) is 2.68. The van der Waals surface area contributed by atoms with E-state index >= 15 is 0 Å². The van der Waals surface area contributed by atoms with Crippen molar-refractivity contribution in [2.45, 2.75) is 26.2 Å². The molecular formula is C21H27N3O2. The molecule has 1 saturated heterocycles. The zero-order valence-corrected chi connectivity index (χ0v) is 15.6. The molecule has 0 aliphatic carbocycles. The molecule has 3 rings (SSSR count). The van der Waals surface area contributed by atoms with Crippen molar-refractivity contribution in [1.82, 2.24) is 9.88 Å². The van der Waals surface area contributed by atoms with E-state index in [1.807, 2.05) is 23.1 Å². The molecule has 1 aliphatic heterocycles. The number of aromatic nitrogens is 1. The summed E-state index contributed by atoms with van der Waals surface area (Å²) in [5, 5.41) is 3.36. The maximum absolute atomic E-state index is 12.7. The topological polar surface area (TPSA) is 54.5 Å². The smallest absolute Gasteiger partial charge is 0.255 e. The summed E-state index contributed by atoms with van der Waals surface area (Å²) in [6.45, 7) is 4.67. The van der Waals surface area contributed by atoms with Crippen LogP contribution in [0.2, 0.25) is 0 Å². The van der Waals surface area contributed by atoms with Crippen LogP contribution in [0.4, 0.5) is 5.69 Å². The molecule has 5 heteroatoms. The summed E-state index contributed by atoms with van der Waals surface area (Å²) in [4.78, 5) is 18.9. The molecule has 1 aromatic carbocycles. The van der Waals surface area contributed by atoms with Gasteiger partial charge in [0.15, 0.2) is 0 Å². The van der Waals surface area contributed by atoms with E-state index in [0.717, 1.165) is 43.9 Å². The van der Waals surface area contributed by atoms with Crippen LogP contribution in [0.25, 0.3) is 0 Å². The van der Waals surface area contributed by atoms with Crippen LogP contribution in [-0.2, 0) is 6.42 Å². The van der Waals surface area contributed by atoms with E-state index in [9.17, 15) is 4.79 Å². The highest BCUT2D eigenvalue weighted by Gasteiger charge is 2.22. The third-order valence-electron chi connectivity index (χ3n) is 4.83. The van der Waals surface area contributed by atoms with Gasteiger partial charge >= 0.3 is 0 Å². The monoisotopic (exact) mass is 353 g/mol. The van der Waals surface area contributed by atoms with Gasteiger partial charge in [-0.15, -0.1) is 0 Å². The highest BCUT2D eigenvalue weighted by atomic mass is 16.5. The number of nitrogens with zero attached hydrogens (tertiary/aromatic N) is 2. The van der Waals surface area contributed by atoms with Crippen molar-refractivity contribution in [3.63, 3.8) is 0 Å². The Morgan fingerprint density at radius 1 is 1.31 bits per heavy atom. The third-order valence-corrected chi connectivity index (χ3v) is 4.83. The van der Waals surface area contributed by atoms with Gasteiger partial charge in [0, 0.05) is 32.0 Å². The number of rotatable bonds is 6. The number of pyridine rings is 1. The molecule has 1 fully saturated rings. The van der Waals surface area contributed by atoms with Crippen molar-refractivity contribution in [1.29, 1.82) is 0 Å². The van der Waals surface area contributed by atoms with E-state index in [4.69, 9.17) is 4.74 Å². The maximum Gasteiger partial charge on any atom is 0.255 e. The van der Waals surface area contributed by atoms with Gasteiger partial charge in [-0.25, -0.2) is 0 Å². The Morgan fingerprint density at radius 2 is 2.12 bits per heavy atom. The summed E-state index contributed by atoms with van der Waals surface area (Å²) in [5.41, 5.74) is 2.78. The Labute approximate surface area is 155 Å². The molecule has 1 aliphatic rings. The van der Waals surface area contributed by atoms with Crippen molar-refractivity contribution >= 4 is 11.6 Å². The molecule has 0 bridgehead atoms. The van der Waals surface area contributed by atoms with Crippen LogP contribution in [0.1, 0.15) is 35.7 Å². The minimum atomic E-state index is 0.0860. The lowest BCUT2D eigenvalue weighted by Gasteiger charge is -2.31. The number of carbonyl (C=O) groups is 1. The van der Waals surface area contributed by atoms with Crippen LogP contribution in [0.3, 0.4) is 0 Å². The number of amides is 1. The van der Waals surface area contributed by atoms with Crippen LogP contribution in [-0.4, -0.2) is 42.5 Å². The fraction of sp³-hybridized carbons (Fsp3) is 0.429. The van der Waals surface area contributed by atoms with Crippen LogP contribution >= 0.6 is 0 Å². The number of carbonyl (C=O) groups excluding carboxylic acids is 1. The predicted molar refractivity (Wildman–Crippen MR) is 104 cm³/mol. The second-order valence-electron chi connectivity index (χ2n) is 6.99. The second-order valence-corrected chi connectivity index (χ2v) is 6.99. The SMILES string of the molecule is COc1ccc(CCNc2cncc(C(=O)N3CCCC(C)C3)c2)cc1. The summed E-state index contributed by atoms with van der Waals surface area (Å²) in [6, 6.07) is 9.97. The molecule has 0 spiro atoms. The Morgan fingerprint density at radius 3 is 2.85 bits per heavy atom. The van der Waals surface area contributed by atoms with Crippen molar-refractivity contribution in [2.75, 3.05) is 32.1 Å². The molecule has 1 atom stereocenters. The number of ether oxygens (including phenoxy) is 1. The van der Waals surface area contributed by atoms with Gasteiger partial charge in [-0.3, -0.25) is 9.78 Å². The number of benzene rings is 1. The Bertz CT molecular complexity index is 730. The number of anilines is 1. The first-order valence-electron chi connectivity index (χ1n) is 9.27. The summed E-state index contributed by atoms with van der Waals surface area (Å²) in [6.07, 6.45) is 6.61. The highest BCUT2D eigenvalue weighted by molar-refractivity contribution is 5.94. The summed E-state index contributed by atoms with van der Waals surface area (Å²) in [5.74, 6) is 1.53. The molecular weight excluding hydrogens is 326 g/mol. The van der Waals surface area contributed by atoms with Crippen LogP contribution < -0.4 is 10.1 Å². The van der Waals surface area contributed by atoms with Gasteiger partial charge < -0.3 is 15.0 Å². The van der Waals surface area contributed by atoms with E-state index in [1.165, 1.54) is 12.0 Å². The van der Waals surface area contributed by atoms with E-state index in [0.29, 0.717) is 11.5 Å². The van der Waals surface area contributed by atoms with Gasteiger partial charge in [-0.2, -0.15) is 0 Å². The second kappa shape index (κ2) is 8.70. The fourth-order valence-electron chi connectivity index (χ4n) is 3.35. The molecule has 2 aromatic rings. The Balaban J connectivity index is 1.55. The minimum absolute atomic E-state index is 0.0860. The minimum Gasteiger partial charge on any atom is -0.497 e. The van der Waals surface area contributed by atoms with Crippen molar-refractivity contribution < 1.29 is 9.53 Å². The van der Waals surface area contributed by atoms with E-state index in [2.05, 4.69) is 29.4 Å². The van der Waals surface area contributed by atoms with Gasteiger partial charge in [0.1, 0.15) is 5.75 Å². The standard InChI is InChI=1S/C21H27N3O2/c1-16-4-3-11-24(15-16)21(25)18-12-19(14-22-13-18)23-10-9-17-5-7-20(26-2)8-6-17/h5-8,12-14,16,23H,3-4,9-11,15H2,1-2H3. The van der Waals surface area contributed by atoms with Crippen LogP contribution in [0.5, 0.6) is 5.75 Å².